The first-order valence-electron chi connectivity index (χ1n) is 5.23. The smallest absolute Gasteiger partial charge is 0.335 e. The van der Waals surface area contributed by atoms with Crippen molar-refractivity contribution < 1.29 is 14.7 Å². The summed E-state index contributed by atoms with van der Waals surface area (Å²) in [5.41, 5.74) is 1.71. The number of nitrogens with zero attached hydrogens (tertiary/aromatic N) is 1. The first-order valence-corrected chi connectivity index (χ1v) is 5.23. The summed E-state index contributed by atoms with van der Waals surface area (Å²) in [5, 5.41) is 8.91. The molecule has 0 atom stereocenters. The van der Waals surface area contributed by atoms with Crippen LogP contribution < -0.4 is 4.90 Å². The largest absolute Gasteiger partial charge is 0.478 e. The van der Waals surface area contributed by atoms with Crippen molar-refractivity contribution >= 4 is 17.6 Å². The number of hydrogen-bond donors (Lipinski definition) is 1. The van der Waals surface area contributed by atoms with E-state index in [0.717, 1.165) is 5.56 Å². The van der Waals surface area contributed by atoms with E-state index in [0.29, 0.717) is 25.1 Å². The lowest BCUT2D eigenvalue weighted by atomic mass is 10.1. The van der Waals surface area contributed by atoms with Gasteiger partial charge in [-0.1, -0.05) is 6.07 Å². The van der Waals surface area contributed by atoms with Gasteiger partial charge in [0.15, 0.2) is 0 Å². The normalized spacial score (nSPS) is 13.4. The van der Waals surface area contributed by atoms with Gasteiger partial charge in [0.2, 0.25) is 5.91 Å². The van der Waals surface area contributed by atoms with Crippen molar-refractivity contribution in [2.75, 3.05) is 11.4 Å². The van der Waals surface area contributed by atoms with Crippen molar-refractivity contribution in [3.8, 4) is 12.3 Å². The second-order valence-corrected chi connectivity index (χ2v) is 3.82. The van der Waals surface area contributed by atoms with Crippen LogP contribution in [0.3, 0.4) is 0 Å². The van der Waals surface area contributed by atoms with Crippen molar-refractivity contribution in [2.24, 2.45) is 0 Å². The lowest BCUT2D eigenvalue weighted by Crippen LogP contribution is -2.27. The van der Waals surface area contributed by atoms with Crippen molar-refractivity contribution in [2.45, 2.75) is 12.8 Å². The van der Waals surface area contributed by atoms with Crippen LogP contribution >= 0.6 is 0 Å². The Hall–Kier alpha value is -2.28. The van der Waals surface area contributed by atoms with Crippen LogP contribution in [0.5, 0.6) is 0 Å². The molecule has 0 spiro atoms. The Labute approximate surface area is 98.9 Å². The molecule has 0 aromatic heterocycles. The van der Waals surface area contributed by atoms with Crippen molar-refractivity contribution in [3.05, 3.63) is 29.3 Å². The summed E-state index contributed by atoms with van der Waals surface area (Å²) in [6.07, 6.45) is 5.95. The van der Waals surface area contributed by atoms with Gasteiger partial charge in [-0.05, 0) is 17.7 Å². The number of fused-ring (bicyclic) bond motifs is 1. The molecule has 0 fully saturated rings. The monoisotopic (exact) mass is 229 g/mol. The topological polar surface area (TPSA) is 57.6 Å². The number of carboxylic acid groups (broad SMARTS) is 1. The highest BCUT2D eigenvalue weighted by molar-refractivity contribution is 6.03. The summed E-state index contributed by atoms with van der Waals surface area (Å²) >= 11 is 0. The number of carbonyl (C=O) groups excluding carboxylic acids is 1. The summed E-state index contributed by atoms with van der Waals surface area (Å²) in [6.45, 7) is 0.436. The number of aromatic carboxylic acids is 1. The van der Waals surface area contributed by atoms with E-state index in [1.165, 1.54) is 12.1 Å². The average molecular weight is 229 g/mol. The van der Waals surface area contributed by atoms with E-state index in [1.807, 2.05) is 0 Å². The molecule has 1 N–H and O–H groups in total. The van der Waals surface area contributed by atoms with Gasteiger partial charge in [-0.2, -0.15) is 0 Å². The number of hydrogen-bond acceptors (Lipinski definition) is 2. The van der Waals surface area contributed by atoms with Gasteiger partial charge >= 0.3 is 5.97 Å². The van der Waals surface area contributed by atoms with Gasteiger partial charge in [-0.25, -0.2) is 4.79 Å². The van der Waals surface area contributed by atoms with E-state index in [1.54, 1.807) is 11.0 Å². The predicted molar refractivity (Wildman–Crippen MR) is 62.9 cm³/mol. The summed E-state index contributed by atoms with van der Waals surface area (Å²) in [4.78, 5) is 24.2. The van der Waals surface area contributed by atoms with Gasteiger partial charge in [0.1, 0.15) is 0 Å². The molecule has 1 aliphatic heterocycles. The molecule has 1 heterocycles. The summed E-state index contributed by atoms with van der Waals surface area (Å²) in [6, 6.07) is 4.73. The van der Waals surface area contributed by atoms with Crippen LogP contribution in [0.25, 0.3) is 0 Å². The molecule has 0 bridgehead atoms. The molecule has 1 amide bonds. The van der Waals surface area contributed by atoms with Crippen LogP contribution in [0.15, 0.2) is 18.2 Å². The first-order chi connectivity index (χ1) is 8.13. The molecule has 0 unspecified atom stereocenters. The van der Waals surface area contributed by atoms with Gasteiger partial charge in [0.05, 0.1) is 12.0 Å². The Morgan fingerprint density at radius 1 is 1.53 bits per heavy atom. The van der Waals surface area contributed by atoms with Crippen LogP contribution in [0.1, 0.15) is 22.3 Å². The predicted octanol–water partition coefficient (Wildman–Crippen LogP) is 1.30. The summed E-state index contributed by atoms with van der Waals surface area (Å²) < 4.78 is 0. The number of carboxylic acids is 1. The van der Waals surface area contributed by atoms with Gasteiger partial charge in [0, 0.05) is 18.7 Å². The lowest BCUT2D eigenvalue weighted by Gasteiger charge is -2.16. The SMILES string of the molecule is C#CCCN1C(=O)Cc2ccc(C(=O)O)cc21. The van der Waals surface area contributed by atoms with Crippen molar-refractivity contribution in [3.63, 3.8) is 0 Å². The van der Waals surface area contributed by atoms with E-state index in [9.17, 15) is 9.59 Å². The summed E-state index contributed by atoms with van der Waals surface area (Å²) in [5.74, 6) is 1.45. The third-order valence-electron chi connectivity index (χ3n) is 2.75. The number of terminal acetylenes is 1. The van der Waals surface area contributed by atoms with Crippen LogP contribution in [0.2, 0.25) is 0 Å². The Kier molecular flexibility index (Phi) is 2.84. The minimum absolute atomic E-state index is 0.0298. The molecular formula is C13H11NO3. The minimum atomic E-state index is -0.996. The van der Waals surface area contributed by atoms with E-state index >= 15 is 0 Å². The van der Waals surface area contributed by atoms with Crippen molar-refractivity contribution in [1.29, 1.82) is 0 Å². The summed E-state index contributed by atoms with van der Waals surface area (Å²) in [7, 11) is 0. The zero-order chi connectivity index (χ0) is 12.4. The minimum Gasteiger partial charge on any atom is -0.478 e. The molecule has 0 radical (unpaired) electrons. The molecule has 17 heavy (non-hydrogen) atoms. The highest BCUT2D eigenvalue weighted by atomic mass is 16.4. The van der Waals surface area contributed by atoms with E-state index in [2.05, 4.69) is 5.92 Å². The van der Waals surface area contributed by atoms with Crippen LogP contribution in [0, 0.1) is 12.3 Å². The molecule has 86 valence electrons. The second kappa shape index (κ2) is 4.30. The first kappa shape index (κ1) is 11.2. The second-order valence-electron chi connectivity index (χ2n) is 3.82. The number of anilines is 1. The third kappa shape index (κ3) is 2.00. The Balaban J connectivity index is 2.36. The molecule has 4 heteroatoms. The number of rotatable bonds is 3. The molecule has 2 rings (SSSR count). The standard InChI is InChI=1S/C13H11NO3/c1-2-3-6-14-11-7-10(13(16)17)5-4-9(11)8-12(14)15/h1,4-5,7H,3,6,8H2,(H,16,17). The maximum Gasteiger partial charge on any atom is 0.335 e. The van der Waals surface area contributed by atoms with Gasteiger partial charge in [-0.15, -0.1) is 12.3 Å². The zero-order valence-corrected chi connectivity index (χ0v) is 9.14. The zero-order valence-electron chi connectivity index (χ0n) is 9.14. The molecule has 1 aromatic rings. The van der Waals surface area contributed by atoms with E-state index in [4.69, 9.17) is 11.5 Å². The fourth-order valence-electron chi connectivity index (χ4n) is 1.91. The molecule has 1 aliphatic rings. The Morgan fingerprint density at radius 2 is 2.29 bits per heavy atom. The maximum atomic E-state index is 11.7. The molecule has 1 aromatic carbocycles. The quantitative estimate of drug-likeness (QED) is 0.795. The Morgan fingerprint density at radius 3 is 2.94 bits per heavy atom. The maximum absolute atomic E-state index is 11.7. The highest BCUT2D eigenvalue weighted by Crippen LogP contribution is 2.29. The Bertz CT molecular complexity index is 528. The van der Waals surface area contributed by atoms with Crippen LogP contribution in [0.4, 0.5) is 5.69 Å². The van der Waals surface area contributed by atoms with Crippen molar-refractivity contribution in [1.82, 2.24) is 0 Å². The molecule has 0 saturated carbocycles. The highest BCUT2D eigenvalue weighted by Gasteiger charge is 2.27. The van der Waals surface area contributed by atoms with E-state index in [-0.39, 0.29) is 11.5 Å². The molecular weight excluding hydrogens is 218 g/mol. The number of carbonyl (C=O) groups is 2. The third-order valence-corrected chi connectivity index (χ3v) is 2.75. The molecule has 0 aliphatic carbocycles. The molecule has 0 saturated heterocycles. The molecule has 4 nitrogen and oxygen atoms in total. The average Bonchev–Trinajstić information content (AvgIpc) is 2.61. The lowest BCUT2D eigenvalue weighted by molar-refractivity contribution is -0.117. The van der Waals surface area contributed by atoms with Crippen LogP contribution in [-0.4, -0.2) is 23.5 Å². The fourth-order valence-corrected chi connectivity index (χ4v) is 1.91. The van der Waals surface area contributed by atoms with Crippen LogP contribution in [-0.2, 0) is 11.2 Å². The van der Waals surface area contributed by atoms with Gasteiger partial charge in [0.25, 0.3) is 0 Å². The fraction of sp³-hybridized carbons (Fsp3) is 0.231. The van der Waals surface area contributed by atoms with Gasteiger partial charge < -0.3 is 10.0 Å². The van der Waals surface area contributed by atoms with E-state index < -0.39 is 5.97 Å². The number of benzene rings is 1. The van der Waals surface area contributed by atoms with Gasteiger partial charge in [-0.3, -0.25) is 4.79 Å². The number of amides is 1.